The minimum absolute atomic E-state index is 0.0205. The van der Waals surface area contributed by atoms with Crippen LogP contribution in [0, 0.1) is 0 Å². The van der Waals surface area contributed by atoms with Gasteiger partial charge in [-0.1, -0.05) is 60.7 Å². The fourth-order valence-electron chi connectivity index (χ4n) is 11.4. The van der Waals surface area contributed by atoms with Gasteiger partial charge in [-0.2, -0.15) is 0 Å². The van der Waals surface area contributed by atoms with E-state index in [1.165, 1.54) is 38.2 Å². The van der Waals surface area contributed by atoms with Crippen LogP contribution in [-0.2, 0) is 81.5 Å². The maximum Gasteiger partial charge on any atom is 0.407 e. The molecule has 1 saturated heterocycles. The Labute approximate surface area is 572 Å². The molecule has 13 N–H and O–H groups in total. The number of nitrogens with zero attached hydrogens (tertiary/aromatic N) is 3. The molecule has 0 spiro atoms. The predicted molar refractivity (Wildman–Crippen MR) is 358 cm³/mol. The van der Waals surface area contributed by atoms with Crippen LogP contribution in [0.2, 0.25) is 0 Å². The molecule has 9 atom stereocenters. The summed E-state index contributed by atoms with van der Waals surface area (Å²) in [5, 5.41) is 59.4. The maximum absolute atomic E-state index is 15.4. The standard InChI is InChI=1S/C69H89N13O17/c1-41(83)60-66(96)78-52(38-42-15-7-6-8-16-42)67(97)80(5)53(25-27-55(86)74-49(61(91)71-34-14-36-82-58(89)30-31-59(82)90)24-26-54(85)70-33-13-35-81-56(87)28-29-57(81)88)65(95)77-50(37-43-20-22-45(84)23-21-43)63(93)76-51(39-44-40-73-47-18-10-9-17-46(44)47)64(94)75-48(62(92)79-60)19-11-12-32-72-68(98)99-69(2,3)4/h6-10,15-18,20-23,28-31,40-41,48-53,60,63,73,76,83-84,93H,11-14,19,24-27,32-39H2,1-5H3,(H,70,85)(H,71,91)(H,72,98)(H,74,86)(H,75,94)(H,77,95)(H,78,96)(H,79,92)/t41-,48+,49+,50+,51-,52+,53+,60+,63?/m1/s1. The molecule has 0 saturated carbocycles. The van der Waals surface area contributed by atoms with E-state index < -0.39 is 150 Å². The molecule has 99 heavy (non-hydrogen) atoms. The van der Waals surface area contributed by atoms with Crippen LogP contribution in [-0.4, -0.2) is 212 Å². The first-order valence-corrected chi connectivity index (χ1v) is 33.0. The number of ether oxygens (including phenoxy) is 1. The van der Waals surface area contributed by atoms with Crippen molar-refractivity contribution in [2.45, 2.75) is 165 Å². The molecule has 30 heteroatoms. The predicted octanol–water partition coefficient (Wildman–Crippen LogP) is -0.0586. The normalized spacial score (nSPS) is 21.1. The van der Waals surface area contributed by atoms with E-state index in [9.17, 15) is 63.3 Å². The number of aliphatic hydroxyl groups excluding tert-OH is 2. The SMILES string of the molecule is C[C@@H](O)[C@@H]1NC(=O)[C@H](CCCCNC(=O)OC(C)(C)C)NC(=O)[C@@H](Cc2c[nH]c3ccccc23)NC(O)[C@H](Cc2ccc(O)cc2)NC(=O)[C@H](CCC(=O)N[C@@H](CCC(=O)NCCCN2C(=O)C=CC2=O)C(=O)NCCCN2C(=O)C=CC2=O)N(C)C(=O)[C@H](Cc2ccccc2)NC1=O. The van der Waals surface area contributed by atoms with Gasteiger partial charge < -0.3 is 72.5 Å². The average Bonchev–Trinajstić information content (AvgIpc) is 1.81. The van der Waals surface area contributed by atoms with Gasteiger partial charge in [0.05, 0.1) is 18.2 Å². The Morgan fingerprint density at radius 3 is 1.83 bits per heavy atom. The fourth-order valence-corrected chi connectivity index (χ4v) is 11.4. The third-order valence-electron chi connectivity index (χ3n) is 16.7. The van der Waals surface area contributed by atoms with Crippen molar-refractivity contribution in [3.8, 4) is 5.75 Å². The molecule has 0 bridgehead atoms. The highest BCUT2D eigenvalue weighted by Crippen LogP contribution is 2.22. The van der Waals surface area contributed by atoms with Crippen molar-refractivity contribution in [2.75, 3.05) is 39.8 Å². The average molecular weight is 1370 g/mol. The smallest absolute Gasteiger partial charge is 0.407 e. The maximum atomic E-state index is 15.4. The Balaban J connectivity index is 1.21. The molecule has 4 heterocycles. The Morgan fingerprint density at radius 1 is 0.606 bits per heavy atom. The van der Waals surface area contributed by atoms with Gasteiger partial charge in [-0.25, -0.2) is 4.79 Å². The van der Waals surface area contributed by atoms with E-state index in [-0.39, 0.29) is 103 Å². The Kier molecular flexibility index (Phi) is 27.9. The topological polar surface area (TPSA) is 426 Å². The number of benzene rings is 3. The van der Waals surface area contributed by atoms with E-state index in [0.717, 1.165) is 39.0 Å². The summed E-state index contributed by atoms with van der Waals surface area (Å²) in [7, 11) is 1.24. The lowest BCUT2D eigenvalue weighted by atomic mass is 9.99. The lowest BCUT2D eigenvalue weighted by Crippen LogP contribution is -2.64. The number of hydrogen-bond donors (Lipinski definition) is 13. The first-order chi connectivity index (χ1) is 47.1. The molecule has 1 aromatic heterocycles. The van der Waals surface area contributed by atoms with Gasteiger partial charge in [0.1, 0.15) is 47.8 Å². The van der Waals surface area contributed by atoms with Crippen molar-refractivity contribution in [1.82, 2.24) is 67.5 Å². The number of H-pyrrole nitrogens is 1. The number of rotatable bonds is 28. The second-order valence-corrected chi connectivity index (χ2v) is 25.5. The number of amides is 13. The Bertz CT molecular complexity index is 3590. The number of likely N-dealkylation sites (N-methyl/N-ethyl adjacent to an activating group) is 1. The number of para-hydroxylation sites is 1. The van der Waals surface area contributed by atoms with Gasteiger partial charge in [-0.15, -0.1) is 0 Å². The van der Waals surface area contributed by atoms with Gasteiger partial charge in [0.2, 0.25) is 47.3 Å². The van der Waals surface area contributed by atoms with E-state index in [1.807, 2.05) is 12.1 Å². The van der Waals surface area contributed by atoms with Crippen molar-refractivity contribution in [3.63, 3.8) is 0 Å². The quantitative estimate of drug-likeness (QED) is 0.0262. The highest BCUT2D eigenvalue weighted by Gasteiger charge is 2.40. The Hall–Kier alpha value is -10.3. The molecule has 0 radical (unpaired) electrons. The molecule has 4 aromatic rings. The van der Waals surface area contributed by atoms with Crippen molar-refractivity contribution < 1.29 is 82.4 Å². The second-order valence-electron chi connectivity index (χ2n) is 25.5. The van der Waals surface area contributed by atoms with E-state index in [4.69, 9.17) is 4.74 Å². The van der Waals surface area contributed by atoms with Crippen LogP contribution in [0.4, 0.5) is 4.79 Å². The zero-order valence-electron chi connectivity index (χ0n) is 56.0. The number of carbonyl (C=O) groups excluding carboxylic acids is 13. The van der Waals surface area contributed by atoms with Crippen molar-refractivity contribution >= 4 is 87.9 Å². The van der Waals surface area contributed by atoms with Crippen molar-refractivity contribution in [3.05, 3.63) is 126 Å². The number of aromatic nitrogens is 1. The number of imide groups is 2. The Morgan fingerprint density at radius 2 is 1.19 bits per heavy atom. The number of alkyl carbamates (subject to hydrolysis) is 1. The van der Waals surface area contributed by atoms with Crippen LogP contribution in [0.15, 0.2) is 109 Å². The van der Waals surface area contributed by atoms with Gasteiger partial charge in [0.25, 0.3) is 23.6 Å². The number of carbonyl (C=O) groups is 13. The number of aliphatic hydroxyl groups is 2. The van der Waals surface area contributed by atoms with E-state index in [1.54, 1.807) is 69.4 Å². The third kappa shape index (κ3) is 23.2. The molecular formula is C69H89N13O17. The molecule has 3 aromatic carbocycles. The molecular weight excluding hydrogens is 1280 g/mol. The van der Waals surface area contributed by atoms with E-state index in [0.29, 0.717) is 27.6 Å². The number of aromatic hydroxyl groups is 1. The summed E-state index contributed by atoms with van der Waals surface area (Å²) in [5.41, 5.74) is 1.48. The van der Waals surface area contributed by atoms with Gasteiger partial charge in [-0.05, 0) is 120 Å². The summed E-state index contributed by atoms with van der Waals surface area (Å²) in [6.07, 6.45) is 0.341. The second kappa shape index (κ2) is 36.3. The van der Waals surface area contributed by atoms with Crippen molar-refractivity contribution in [1.29, 1.82) is 0 Å². The molecule has 1 unspecified atom stereocenters. The van der Waals surface area contributed by atoms with Gasteiger partial charge in [-0.3, -0.25) is 72.7 Å². The first kappa shape index (κ1) is 76.0. The van der Waals surface area contributed by atoms with Crippen molar-refractivity contribution in [2.24, 2.45) is 0 Å². The molecule has 532 valence electrons. The number of nitrogens with one attached hydrogen (secondary N) is 10. The van der Waals surface area contributed by atoms with Crippen LogP contribution in [0.25, 0.3) is 10.9 Å². The zero-order valence-corrected chi connectivity index (χ0v) is 56.0. The fraction of sp³-hybridized carbons (Fsp3) is 0.464. The van der Waals surface area contributed by atoms with E-state index >= 15 is 14.4 Å². The largest absolute Gasteiger partial charge is 0.508 e. The minimum Gasteiger partial charge on any atom is -0.508 e. The lowest BCUT2D eigenvalue weighted by Gasteiger charge is -2.35. The summed E-state index contributed by atoms with van der Waals surface area (Å²) < 4.78 is 5.36. The molecule has 7 rings (SSSR count). The highest BCUT2D eigenvalue weighted by molar-refractivity contribution is 6.13. The third-order valence-corrected chi connectivity index (χ3v) is 16.7. The zero-order chi connectivity index (χ0) is 71.9. The number of aromatic amines is 1. The molecule has 3 aliphatic rings. The number of phenolic OH excluding ortho intramolecular Hbond substituents is 1. The van der Waals surface area contributed by atoms with Gasteiger partial charge >= 0.3 is 6.09 Å². The summed E-state index contributed by atoms with van der Waals surface area (Å²) in [4.78, 5) is 184. The summed E-state index contributed by atoms with van der Waals surface area (Å²) >= 11 is 0. The van der Waals surface area contributed by atoms with Gasteiger partial charge in [0.15, 0.2) is 0 Å². The van der Waals surface area contributed by atoms with Crippen LogP contribution in [0.3, 0.4) is 0 Å². The number of unbranched alkanes of at least 4 members (excludes halogenated alkanes) is 1. The number of phenols is 1. The summed E-state index contributed by atoms with van der Waals surface area (Å²) in [6, 6.07) is 10.7. The van der Waals surface area contributed by atoms with E-state index in [2.05, 4.69) is 52.8 Å². The monoisotopic (exact) mass is 1370 g/mol. The van der Waals surface area contributed by atoms with Crippen LogP contribution in [0.1, 0.15) is 102 Å². The van der Waals surface area contributed by atoms with Crippen LogP contribution >= 0.6 is 0 Å². The molecule has 3 aliphatic heterocycles. The minimum atomic E-state index is -1.86. The number of fused-ring (bicyclic) bond motifs is 1. The highest BCUT2D eigenvalue weighted by atomic mass is 16.6. The van der Waals surface area contributed by atoms with Crippen LogP contribution < -0.4 is 47.9 Å². The summed E-state index contributed by atoms with van der Waals surface area (Å²) in [6.45, 7) is 6.36. The van der Waals surface area contributed by atoms with Gasteiger partial charge in [0, 0.05) is 100 Å². The number of hydrogen-bond acceptors (Lipinski definition) is 18. The molecule has 30 nitrogen and oxygen atoms in total. The van der Waals surface area contributed by atoms with Crippen LogP contribution in [0.5, 0.6) is 5.75 Å². The molecule has 0 aliphatic carbocycles. The lowest BCUT2D eigenvalue weighted by molar-refractivity contribution is -0.144. The molecule has 13 amide bonds. The summed E-state index contributed by atoms with van der Waals surface area (Å²) in [5.74, 6) is -9.04. The molecule has 1 fully saturated rings. The first-order valence-electron chi connectivity index (χ1n) is 33.0.